The zero-order valence-corrected chi connectivity index (χ0v) is 12.9. The fourth-order valence-corrected chi connectivity index (χ4v) is 2.95. The molecule has 4 rings (SSSR count). The first kappa shape index (κ1) is 13.5. The first-order chi connectivity index (χ1) is 11.2. The molecular formula is C19H14N4. The van der Waals surface area contributed by atoms with Crippen LogP contribution in [0, 0.1) is 18.3 Å². The molecule has 0 fully saturated rings. The molecule has 0 bridgehead atoms. The summed E-state index contributed by atoms with van der Waals surface area (Å²) in [6, 6.07) is 16.0. The molecule has 4 heteroatoms. The van der Waals surface area contributed by atoms with Crippen LogP contribution in [0.15, 0.2) is 48.7 Å². The van der Waals surface area contributed by atoms with Crippen molar-refractivity contribution in [3.63, 3.8) is 0 Å². The lowest BCUT2D eigenvalue weighted by Gasteiger charge is -2.03. The van der Waals surface area contributed by atoms with Crippen molar-refractivity contribution in [2.75, 3.05) is 0 Å². The van der Waals surface area contributed by atoms with Crippen molar-refractivity contribution < 1.29 is 0 Å². The van der Waals surface area contributed by atoms with E-state index in [1.807, 2.05) is 48.3 Å². The Morgan fingerprint density at radius 3 is 2.61 bits per heavy atom. The van der Waals surface area contributed by atoms with Crippen molar-refractivity contribution in [3.8, 4) is 17.3 Å². The molecule has 0 amide bonds. The highest BCUT2D eigenvalue weighted by molar-refractivity contribution is 6.11. The van der Waals surface area contributed by atoms with Crippen molar-refractivity contribution in [1.29, 1.82) is 5.26 Å². The minimum atomic E-state index is 0.649. The Hall–Kier alpha value is -3.19. The summed E-state index contributed by atoms with van der Waals surface area (Å²) >= 11 is 0. The van der Waals surface area contributed by atoms with E-state index in [4.69, 9.17) is 5.26 Å². The topological polar surface area (TPSA) is 54.5 Å². The number of nitrogens with zero attached hydrogens (tertiary/aromatic N) is 4. The number of rotatable bonds is 1. The number of benzene rings is 2. The van der Waals surface area contributed by atoms with Gasteiger partial charge in [-0.15, -0.1) is 0 Å². The maximum atomic E-state index is 8.97. The summed E-state index contributed by atoms with van der Waals surface area (Å²) in [5.41, 5.74) is 5.74. The smallest absolute Gasteiger partial charge is 0.101 e. The molecule has 0 atom stereocenters. The van der Waals surface area contributed by atoms with E-state index in [0.29, 0.717) is 5.56 Å². The van der Waals surface area contributed by atoms with Gasteiger partial charge < -0.3 is 0 Å². The molecular weight excluding hydrogens is 284 g/mol. The molecule has 0 saturated heterocycles. The van der Waals surface area contributed by atoms with Crippen LogP contribution < -0.4 is 0 Å². The quantitative estimate of drug-likeness (QED) is 0.534. The fourth-order valence-electron chi connectivity index (χ4n) is 2.95. The summed E-state index contributed by atoms with van der Waals surface area (Å²) in [6.07, 6.45) is 1.87. The van der Waals surface area contributed by atoms with Crippen LogP contribution in [0.3, 0.4) is 0 Å². The van der Waals surface area contributed by atoms with E-state index in [1.165, 1.54) is 5.56 Å². The van der Waals surface area contributed by atoms with Gasteiger partial charge in [-0.3, -0.25) is 9.67 Å². The van der Waals surface area contributed by atoms with Crippen LogP contribution >= 0.6 is 0 Å². The first-order valence-electron chi connectivity index (χ1n) is 7.40. The number of aromatic nitrogens is 3. The van der Waals surface area contributed by atoms with Crippen LogP contribution in [0.2, 0.25) is 0 Å². The van der Waals surface area contributed by atoms with Crippen molar-refractivity contribution in [1.82, 2.24) is 14.8 Å². The SMILES string of the molecule is Cc1ccc2ncc3c(c(-c4ccc(C#N)cc4)nn3C)c2c1. The normalized spacial score (nSPS) is 11.0. The second-order valence-corrected chi connectivity index (χ2v) is 5.70. The third kappa shape index (κ3) is 2.06. The van der Waals surface area contributed by atoms with Gasteiger partial charge in [-0.05, 0) is 31.2 Å². The van der Waals surface area contributed by atoms with E-state index in [0.717, 1.165) is 33.1 Å². The maximum absolute atomic E-state index is 8.97. The van der Waals surface area contributed by atoms with Gasteiger partial charge in [-0.25, -0.2) is 0 Å². The van der Waals surface area contributed by atoms with Gasteiger partial charge in [-0.2, -0.15) is 10.4 Å². The summed E-state index contributed by atoms with van der Waals surface area (Å²) in [6.45, 7) is 2.08. The average molecular weight is 298 g/mol. The second kappa shape index (κ2) is 4.92. The number of pyridine rings is 1. The zero-order chi connectivity index (χ0) is 16.0. The first-order valence-corrected chi connectivity index (χ1v) is 7.40. The van der Waals surface area contributed by atoms with Gasteiger partial charge in [0.1, 0.15) is 5.69 Å². The predicted molar refractivity (Wildman–Crippen MR) is 90.9 cm³/mol. The van der Waals surface area contributed by atoms with Crippen molar-refractivity contribution in [2.45, 2.75) is 6.92 Å². The van der Waals surface area contributed by atoms with Gasteiger partial charge in [0, 0.05) is 23.4 Å². The summed E-state index contributed by atoms with van der Waals surface area (Å²) in [7, 11) is 1.93. The van der Waals surface area contributed by atoms with Crippen molar-refractivity contribution in [2.24, 2.45) is 7.05 Å². The molecule has 0 aliphatic carbocycles. The van der Waals surface area contributed by atoms with Crippen molar-refractivity contribution in [3.05, 3.63) is 59.8 Å². The molecule has 0 saturated carbocycles. The molecule has 2 heterocycles. The number of hydrogen-bond acceptors (Lipinski definition) is 3. The Morgan fingerprint density at radius 2 is 1.87 bits per heavy atom. The standard InChI is InChI=1S/C19H14N4/c1-12-3-8-16-15(9-12)18-17(11-21-16)23(2)22-19(18)14-6-4-13(10-20)5-7-14/h3-9,11H,1-2H3. The molecule has 0 N–H and O–H groups in total. The highest BCUT2D eigenvalue weighted by Gasteiger charge is 2.14. The van der Waals surface area contributed by atoms with Crippen LogP contribution in [0.1, 0.15) is 11.1 Å². The molecule has 110 valence electrons. The molecule has 0 aliphatic rings. The number of aryl methyl sites for hydroxylation is 2. The van der Waals surface area contributed by atoms with Gasteiger partial charge in [0.2, 0.25) is 0 Å². The van der Waals surface area contributed by atoms with E-state index >= 15 is 0 Å². The van der Waals surface area contributed by atoms with Gasteiger partial charge in [0.25, 0.3) is 0 Å². The molecule has 0 radical (unpaired) electrons. The van der Waals surface area contributed by atoms with Crippen molar-refractivity contribution >= 4 is 21.8 Å². The molecule has 23 heavy (non-hydrogen) atoms. The lowest BCUT2D eigenvalue weighted by Crippen LogP contribution is -1.90. The Balaban J connectivity index is 2.09. The summed E-state index contributed by atoms with van der Waals surface area (Å²) < 4.78 is 1.86. The third-order valence-corrected chi connectivity index (χ3v) is 4.13. The lowest BCUT2D eigenvalue weighted by atomic mass is 10.0. The van der Waals surface area contributed by atoms with E-state index in [1.54, 1.807) is 0 Å². The Labute approximate surface area is 133 Å². The predicted octanol–water partition coefficient (Wildman–Crippen LogP) is 3.97. The Bertz CT molecular complexity index is 1080. The molecule has 0 aliphatic heterocycles. The minimum absolute atomic E-state index is 0.649. The number of fused-ring (bicyclic) bond motifs is 3. The molecule has 4 aromatic rings. The molecule has 4 nitrogen and oxygen atoms in total. The number of nitriles is 1. The van der Waals surface area contributed by atoms with Crippen LogP contribution in [-0.2, 0) is 7.05 Å². The van der Waals surface area contributed by atoms with Gasteiger partial charge in [0.15, 0.2) is 0 Å². The van der Waals surface area contributed by atoms with Crippen LogP contribution in [-0.4, -0.2) is 14.8 Å². The monoisotopic (exact) mass is 298 g/mol. The summed E-state index contributed by atoms with van der Waals surface area (Å²) in [4.78, 5) is 4.54. The molecule has 2 aromatic heterocycles. The lowest BCUT2D eigenvalue weighted by molar-refractivity contribution is 0.799. The average Bonchev–Trinajstić information content (AvgIpc) is 2.92. The highest BCUT2D eigenvalue weighted by Crippen LogP contribution is 2.33. The molecule has 0 unspecified atom stereocenters. The van der Waals surface area contributed by atoms with E-state index < -0.39 is 0 Å². The van der Waals surface area contributed by atoms with Gasteiger partial charge >= 0.3 is 0 Å². The van der Waals surface area contributed by atoms with Gasteiger partial charge in [0.05, 0.1) is 28.9 Å². The zero-order valence-electron chi connectivity index (χ0n) is 12.9. The van der Waals surface area contributed by atoms with E-state index in [2.05, 4.69) is 35.2 Å². The molecule has 2 aromatic carbocycles. The maximum Gasteiger partial charge on any atom is 0.101 e. The van der Waals surface area contributed by atoms with Gasteiger partial charge in [-0.1, -0.05) is 23.8 Å². The minimum Gasteiger partial charge on any atom is -0.266 e. The highest BCUT2D eigenvalue weighted by atomic mass is 15.3. The Kier molecular flexibility index (Phi) is 2.88. The van der Waals surface area contributed by atoms with E-state index in [9.17, 15) is 0 Å². The van der Waals surface area contributed by atoms with Crippen LogP contribution in [0.4, 0.5) is 0 Å². The van der Waals surface area contributed by atoms with E-state index in [-0.39, 0.29) is 0 Å². The largest absolute Gasteiger partial charge is 0.266 e. The second-order valence-electron chi connectivity index (χ2n) is 5.70. The Morgan fingerprint density at radius 1 is 1.09 bits per heavy atom. The van der Waals surface area contributed by atoms with Crippen LogP contribution in [0.5, 0.6) is 0 Å². The fraction of sp³-hybridized carbons (Fsp3) is 0.105. The third-order valence-electron chi connectivity index (χ3n) is 4.13. The molecule has 0 spiro atoms. The summed E-state index contributed by atoms with van der Waals surface area (Å²) in [5, 5.41) is 15.9. The summed E-state index contributed by atoms with van der Waals surface area (Å²) in [5.74, 6) is 0. The van der Waals surface area contributed by atoms with Crippen LogP contribution in [0.25, 0.3) is 33.1 Å². The number of hydrogen-bond donors (Lipinski definition) is 0.